The predicted molar refractivity (Wildman–Crippen MR) is 122 cm³/mol. The molecule has 0 aromatic heterocycles. The lowest BCUT2D eigenvalue weighted by Gasteiger charge is -2.58. The second kappa shape index (κ2) is 8.09. The van der Waals surface area contributed by atoms with Crippen molar-refractivity contribution in [3.63, 3.8) is 0 Å². The van der Waals surface area contributed by atoms with Crippen LogP contribution in [0.15, 0.2) is 18.2 Å². The molecule has 4 rings (SSSR count). The fraction of sp³-hybridized carbons (Fsp3) is 0.760. The third kappa shape index (κ3) is 4.27. The van der Waals surface area contributed by atoms with Crippen LogP contribution in [0.4, 0.5) is 0 Å². The van der Waals surface area contributed by atoms with Crippen LogP contribution in [0, 0.1) is 5.92 Å². The molecule has 0 radical (unpaired) electrons. The fourth-order valence-corrected chi connectivity index (χ4v) is 6.62. The number of benzene rings is 1. The molecular formula is C25H41N3O2. The summed E-state index contributed by atoms with van der Waals surface area (Å²) in [5.74, 6) is 1.11. The molecule has 1 aliphatic carbocycles. The second-order valence-electron chi connectivity index (χ2n) is 11.2. The molecule has 2 N–H and O–H groups in total. The number of β-amino-alcohol motifs (C(OH)–C–C–N with tert-alkyl or cyclic N) is 1. The van der Waals surface area contributed by atoms with E-state index in [1.54, 1.807) is 0 Å². The number of aliphatic hydroxyl groups is 1. The summed E-state index contributed by atoms with van der Waals surface area (Å²) in [4.78, 5) is 7.62. The van der Waals surface area contributed by atoms with Crippen LogP contribution in [0.3, 0.4) is 0 Å². The minimum Gasteiger partial charge on any atom is -0.508 e. The minimum absolute atomic E-state index is 0.0832. The van der Waals surface area contributed by atoms with E-state index >= 15 is 0 Å². The lowest BCUT2D eigenvalue weighted by atomic mass is 9.61. The molecule has 0 unspecified atom stereocenters. The number of fused-ring (bicyclic) bond motifs is 4. The summed E-state index contributed by atoms with van der Waals surface area (Å²) in [7, 11) is 4.61. The highest BCUT2D eigenvalue weighted by Gasteiger charge is 2.51. The number of phenols is 1. The van der Waals surface area contributed by atoms with E-state index in [2.05, 4.69) is 41.8 Å². The van der Waals surface area contributed by atoms with Crippen LogP contribution < -0.4 is 0 Å². The van der Waals surface area contributed by atoms with E-state index < -0.39 is 5.60 Å². The summed E-state index contributed by atoms with van der Waals surface area (Å²) in [6, 6.07) is 7.03. The Bertz CT molecular complexity index is 753. The number of likely N-dealkylation sites (tertiary alicyclic amines) is 2. The maximum atomic E-state index is 10.2. The van der Waals surface area contributed by atoms with Crippen molar-refractivity contribution in [3.05, 3.63) is 29.3 Å². The molecule has 1 aromatic carbocycles. The molecule has 0 saturated carbocycles. The molecule has 1 aromatic rings. The zero-order valence-corrected chi connectivity index (χ0v) is 19.6. The zero-order chi connectivity index (χ0) is 21.7. The van der Waals surface area contributed by atoms with Gasteiger partial charge < -0.3 is 24.9 Å². The largest absolute Gasteiger partial charge is 0.508 e. The first-order valence-corrected chi connectivity index (χ1v) is 11.7. The number of rotatable bonds is 5. The summed E-state index contributed by atoms with van der Waals surface area (Å²) >= 11 is 0. The molecule has 2 heterocycles. The molecule has 3 aliphatic rings. The lowest BCUT2D eigenvalue weighted by Crippen LogP contribution is -2.66. The Hall–Kier alpha value is -1.14. The summed E-state index contributed by atoms with van der Waals surface area (Å²) in [6.07, 6.45) is 4.62. The van der Waals surface area contributed by atoms with E-state index in [1.165, 1.54) is 24.0 Å². The van der Waals surface area contributed by atoms with E-state index in [-0.39, 0.29) is 5.41 Å². The standard InChI is InChI=1S/C25H41N3O2/c1-24(2,30)17-28-11-8-18(9-12-28)16-27(5)23-22-14-19-6-7-20(29)15-21(19)25(23,3)10-13-26(22)4/h6-7,15,18,22-23,29-30H,8-14,16-17H2,1-5H3/t22-,23+,25+/m1/s1. The smallest absolute Gasteiger partial charge is 0.115 e. The maximum Gasteiger partial charge on any atom is 0.115 e. The van der Waals surface area contributed by atoms with Gasteiger partial charge >= 0.3 is 0 Å². The van der Waals surface area contributed by atoms with Gasteiger partial charge in [-0.05, 0) is 102 Å². The number of aromatic hydroxyl groups is 1. The molecule has 5 nitrogen and oxygen atoms in total. The Labute approximate surface area is 182 Å². The quantitative estimate of drug-likeness (QED) is 0.774. The van der Waals surface area contributed by atoms with Crippen LogP contribution in [-0.4, -0.2) is 89.4 Å². The van der Waals surface area contributed by atoms with Crippen molar-refractivity contribution in [2.45, 2.75) is 69.6 Å². The van der Waals surface area contributed by atoms with Gasteiger partial charge in [0, 0.05) is 30.6 Å². The molecule has 0 spiro atoms. The summed E-state index contributed by atoms with van der Waals surface area (Å²) in [5.41, 5.74) is 2.25. The van der Waals surface area contributed by atoms with Crippen molar-refractivity contribution in [3.8, 4) is 5.75 Å². The summed E-state index contributed by atoms with van der Waals surface area (Å²) < 4.78 is 0. The molecule has 30 heavy (non-hydrogen) atoms. The highest BCUT2D eigenvalue weighted by Crippen LogP contribution is 2.47. The molecule has 2 bridgehead atoms. The third-order valence-electron chi connectivity index (χ3n) is 8.04. The van der Waals surface area contributed by atoms with Gasteiger partial charge in [-0.2, -0.15) is 0 Å². The minimum atomic E-state index is -0.610. The first-order chi connectivity index (χ1) is 14.1. The fourth-order valence-electron chi connectivity index (χ4n) is 6.62. The normalized spacial score (nSPS) is 31.2. The van der Waals surface area contributed by atoms with Crippen LogP contribution >= 0.6 is 0 Å². The monoisotopic (exact) mass is 415 g/mol. The van der Waals surface area contributed by atoms with Gasteiger partial charge in [-0.1, -0.05) is 13.0 Å². The zero-order valence-electron chi connectivity index (χ0n) is 19.6. The van der Waals surface area contributed by atoms with Gasteiger partial charge in [0.1, 0.15) is 5.75 Å². The van der Waals surface area contributed by atoms with E-state index in [0.29, 0.717) is 23.8 Å². The van der Waals surface area contributed by atoms with Gasteiger partial charge in [0.05, 0.1) is 5.60 Å². The molecule has 2 fully saturated rings. The van der Waals surface area contributed by atoms with Crippen LogP contribution in [0.25, 0.3) is 0 Å². The number of hydrogen-bond acceptors (Lipinski definition) is 5. The predicted octanol–water partition coefficient (Wildman–Crippen LogP) is 2.69. The van der Waals surface area contributed by atoms with Gasteiger partial charge in [-0.3, -0.25) is 0 Å². The van der Waals surface area contributed by atoms with Crippen LogP contribution in [0.1, 0.15) is 51.2 Å². The van der Waals surface area contributed by atoms with Crippen molar-refractivity contribution < 1.29 is 10.2 Å². The SMILES string of the molecule is CN1CC[C@@]2(C)c3cc(O)ccc3C[C@@H]1[C@@H]2N(C)CC1CCN(CC(C)(C)O)CC1. The van der Waals surface area contributed by atoms with E-state index in [0.717, 1.165) is 45.6 Å². The number of likely N-dealkylation sites (N-methyl/N-ethyl adjacent to an activating group) is 2. The number of hydrogen-bond donors (Lipinski definition) is 2. The van der Waals surface area contributed by atoms with Crippen LogP contribution in [0.5, 0.6) is 5.75 Å². The van der Waals surface area contributed by atoms with Crippen molar-refractivity contribution >= 4 is 0 Å². The second-order valence-corrected chi connectivity index (χ2v) is 11.2. The first kappa shape index (κ1) is 22.1. The molecule has 2 aliphatic heterocycles. The molecule has 2 saturated heterocycles. The molecule has 168 valence electrons. The number of nitrogens with zero attached hydrogens (tertiary/aromatic N) is 3. The van der Waals surface area contributed by atoms with Crippen LogP contribution in [0.2, 0.25) is 0 Å². The van der Waals surface area contributed by atoms with Gasteiger partial charge in [0.25, 0.3) is 0 Å². The molecule has 5 heteroatoms. The van der Waals surface area contributed by atoms with E-state index in [4.69, 9.17) is 0 Å². The average molecular weight is 416 g/mol. The Balaban J connectivity index is 1.48. The van der Waals surface area contributed by atoms with Gasteiger partial charge in [0.2, 0.25) is 0 Å². The molecular weight excluding hydrogens is 374 g/mol. The van der Waals surface area contributed by atoms with E-state index in [1.807, 2.05) is 26.0 Å². The van der Waals surface area contributed by atoms with Crippen molar-refractivity contribution in [2.24, 2.45) is 5.92 Å². The molecule has 3 atom stereocenters. The molecule has 0 amide bonds. The lowest BCUT2D eigenvalue weighted by molar-refractivity contribution is -0.0122. The Morgan fingerprint density at radius 3 is 2.57 bits per heavy atom. The highest BCUT2D eigenvalue weighted by molar-refractivity contribution is 5.45. The average Bonchev–Trinajstić information content (AvgIpc) is 2.66. The Kier molecular flexibility index (Phi) is 5.95. The first-order valence-electron chi connectivity index (χ1n) is 11.7. The topological polar surface area (TPSA) is 50.2 Å². The van der Waals surface area contributed by atoms with Crippen molar-refractivity contribution in [1.82, 2.24) is 14.7 Å². The van der Waals surface area contributed by atoms with Gasteiger partial charge in [0.15, 0.2) is 0 Å². The summed E-state index contributed by atoms with van der Waals surface area (Å²) in [5, 5.41) is 20.3. The van der Waals surface area contributed by atoms with Gasteiger partial charge in [-0.25, -0.2) is 0 Å². The Morgan fingerprint density at radius 1 is 1.20 bits per heavy atom. The van der Waals surface area contributed by atoms with Crippen molar-refractivity contribution in [2.75, 3.05) is 46.8 Å². The summed E-state index contributed by atoms with van der Waals surface area (Å²) in [6.45, 7) is 11.4. The third-order valence-corrected chi connectivity index (χ3v) is 8.04. The van der Waals surface area contributed by atoms with Crippen LogP contribution in [-0.2, 0) is 11.8 Å². The van der Waals surface area contributed by atoms with Gasteiger partial charge in [-0.15, -0.1) is 0 Å². The maximum absolute atomic E-state index is 10.2. The Morgan fingerprint density at radius 2 is 1.90 bits per heavy atom. The number of phenolic OH excluding ortho intramolecular Hbond substituents is 1. The van der Waals surface area contributed by atoms with Crippen molar-refractivity contribution in [1.29, 1.82) is 0 Å². The van der Waals surface area contributed by atoms with E-state index in [9.17, 15) is 10.2 Å². The highest BCUT2D eigenvalue weighted by atomic mass is 16.3. The number of piperidine rings is 2.